The minimum Gasteiger partial charge on any atom is -0.483 e. The van der Waals surface area contributed by atoms with Gasteiger partial charge in [0.1, 0.15) is 24.1 Å². The molecule has 3 aromatic rings. The Morgan fingerprint density at radius 3 is 2.34 bits per heavy atom. The first-order valence-electron chi connectivity index (χ1n) is 11.7. The second kappa shape index (κ2) is 10.7. The highest BCUT2D eigenvalue weighted by molar-refractivity contribution is 7.86. The van der Waals surface area contributed by atoms with Crippen LogP contribution in [0.5, 0.6) is 5.75 Å². The van der Waals surface area contributed by atoms with Crippen LogP contribution in [0, 0.1) is 12.7 Å². The Morgan fingerprint density at radius 1 is 1.11 bits per heavy atom. The predicted octanol–water partition coefficient (Wildman–Crippen LogP) is 7.02. The number of fused-ring (bicyclic) bond motifs is 1. The summed E-state index contributed by atoms with van der Waals surface area (Å²) in [7, 11) is -4.12. The third kappa shape index (κ3) is 6.23. The van der Waals surface area contributed by atoms with E-state index in [0.29, 0.717) is 5.56 Å². The average Bonchev–Trinajstić information content (AvgIpc) is 2.81. The van der Waals surface area contributed by atoms with E-state index in [9.17, 15) is 17.6 Å². The summed E-state index contributed by atoms with van der Waals surface area (Å²) in [4.78, 5) is 14.4. The van der Waals surface area contributed by atoms with Crippen LogP contribution in [0.4, 0.5) is 14.9 Å². The van der Waals surface area contributed by atoms with Crippen molar-refractivity contribution in [3.8, 4) is 16.9 Å². The van der Waals surface area contributed by atoms with E-state index < -0.39 is 40.3 Å². The van der Waals surface area contributed by atoms with Crippen molar-refractivity contribution in [2.24, 2.45) is 0 Å². The Morgan fingerprint density at radius 2 is 1.74 bits per heavy atom. The van der Waals surface area contributed by atoms with Gasteiger partial charge in [0.05, 0.1) is 27.2 Å². The highest BCUT2D eigenvalue weighted by Gasteiger charge is 2.36. The normalized spacial score (nSPS) is 15.6. The van der Waals surface area contributed by atoms with Gasteiger partial charge in [0.25, 0.3) is 10.1 Å². The zero-order chi connectivity index (χ0) is 27.8. The molecule has 0 aromatic heterocycles. The van der Waals surface area contributed by atoms with Crippen LogP contribution < -0.4 is 9.64 Å². The van der Waals surface area contributed by atoms with E-state index in [2.05, 4.69) is 0 Å². The minimum atomic E-state index is -4.12. The molecule has 1 amide bonds. The Kier molecular flexibility index (Phi) is 7.95. The molecule has 7 nitrogen and oxygen atoms in total. The molecule has 0 aliphatic carbocycles. The number of hydrogen-bond donors (Lipinski definition) is 0. The van der Waals surface area contributed by atoms with Crippen molar-refractivity contribution < 1.29 is 31.3 Å². The molecule has 0 spiro atoms. The molecule has 0 bridgehead atoms. The largest absolute Gasteiger partial charge is 0.483 e. The average molecular weight is 582 g/mol. The lowest BCUT2D eigenvalue weighted by atomic mass is 10.0. The zero-order valence-electron chi connectivity index (χ0n) is 21.1. The molecular formula is C27H26Cl2FNO6S. The summed E-state index contributed by atoms with van der Waals surface area (Å²) in [6, 6.07) is 13.3. The number of ether oxygens (including phenoxy) is 2. The van der Waals surface area contributed by atoms with Crippen LogP contribution in [-0.4, -0.2) is 39.4 Å². The molecule has 0 saturated heterocycles. The molecular weight excluding hydrogens is 556 g/mol. The van der Waals surface area contributed by atoms with Gasteiger partial charge in [-0.25, -0.2) is 9.18 Å². The van der Waals surface area contributed by atoms with E-state index in [0.717, 1.165) is 11.6 Å². The topological polar surface area (TPSA) is 82.1 Å². The number of anilines is 1. The van der Waals surface area contributed by atoms with Gasteiger partial charge in [0.15, 0.2) is 5.75 Å². The van der Waals surface area contributed by atoms with Gasteiger partial charge in [-0.2, -0.15) is 8.42 Å². The number of rotatable bonds is 5. The molecule has 11 heteroatoms. The molecule has 1 unspecified atom stereocenters. The van der Waals surface area contributed by atoms with E-state index in [1.807, 2.05) is 6.92 Å². The van der Waals surface area contributed by atoms with Crippen molar-refractivity contribution in [1.29, 1.82) is 0 Å². The zero-order valence-corrected chi connectivity index (χ0v) is 23.5. The monoisotopic (exact) mass is 581 g/mol. The first kappa shape index (κ1) is 28.2. The summed E-state index contributed by atoms with van der Waals surface area (Å²) in [6.07, 6.45) is -1.73. The third-order valence-corrected chi connectivity index (χ3v) is 7.49. The SMILES string of the molecule is Cc1ccc(S(=O)(=O)OCC2CN(C(=O)OC(C)(C)C)c3cc(F)cc(-c4c(Cl)cccc4Cl)c3O2)cc1. The first-order valence-corrected chi connectivity index (χ1v) is 13.8. The fourth-order valence-corrected chi connectivity index (χ4v) is 5.40. The van der Waals surface area contributed by atoms with Crippen LogP contribution in [-0.2, 0) is 19.0 Å². The van der Waals surface area contributed by atoms with Gasteiger partial charge in [-0.3, -0.25) is 9.08 Å². The predicted molar refractivity (Wildman–Crippen MR) is 144 cm³/mol. The third-order valence-electron chi connectivity index (χ3n) is 5.56. The summed E-state index contributed by atoms with van der Waals surface area (Å²) in [5, 5.41) is 0.469. The van der Waals surface area contributed by atoms with Crippen molar-refractivity contribution in [3.05, 3.63) is 76.0 Å². The van der Waals surface area contributed by atoms with E-state index in [1.165, 1.54) is 23.1 Å². The first-order chi connectivity index (χ1) is 17.7. The number of carbonyl (C=O) groups is 1. The van der Waals surface area contributed by atoms with Crippen molar-refractivity contribution in [1.82, 2.24) is 0 Å². The second-order valence-corrected chi connectivity index (χ2v) is 12.2. The standard InChI is InChI=1S/C27H26Cl2FNO6S/c1-16-8-10-19(11-9-16)38(33,34)35-15-18-14-31(26(32)37-27(2,3)4)23-13-17(30)12-20(25(23)36-18)24-21(28)6-5-7-22(24)29/h5-13,18H,14-15H2,1-4H3. The van der Waals surface area contributed by atoms with Gasteiger partial charge in [0, 0.05) is 17.2 Å². The number of benzene rings is 3. The second-order valence-electron chi connectivity index (χ2n) is 9.78. The fraction of sp³-hybridized carbons (Fsp3) is 0.296. The number of amides is 1. The number of nitrogens with zero attached hydrogens (tertiary/aromatic N) is 1. The van der Waals surface area contributed by atoms with Crippen LogP contribution >= 0.6 is 23.2 Å². The molecule has 1 heterocycles. The maximum absolute atomic E-state index is 14.9. The van der Waals surface area contributed by atoms with Crippen molar-refractivity contribution >= 4 is 45.1 Å². The highest BCUT2D eigenvalue weighted by atomic mass is 35.5. The highest BCUT2D eigenvalue weighted by Crippen LogP contribution is 2.47. The number of hydrogen-bond acceptors (Lipinski definition) is 6. The van der Waals surface area contributed by atoms with E-state index >= 15 is 0 Å². The van der Waals surface area contributed by atoms with Gasteiger partial charge in [-0.05, 0) is 58.0 Å². The quantitative estimate of drug-likeness (QED) is 0.301. The molecule has 4 rings (SSSR count). The molecule has 202 valence electrons. The Hall–Kier alpha value is -2.85. The Bertz CT molecular complexity index is 1450. The van der Waals surface area contributed by atoms with Gasteiger partial charge in [0.2, 0.25) is 0 Å². The Balaban J connectivity index is 1.75. The van der Waals surface area contributed by atoms with Crippen molar-refractivity contribution in [2.45, 2.75) is 44.3 Å². The Labute approximate surface area is 231 Å². The van der Waals surface area contributed by atoms with Gasteiger partial charge in [-0.1, -0.05) is 47.0 Å². The molecule has 38 heavy (non-hydrogen) atoms. The number of carbonyl (C=O) groups excluding carboxylic acids is 1. The van der Waals surface area contributed by atoms with Crippen molar-refractivity contribution in [3.63, 3.8) is 0 Å². The van der Waals surface area contributed by atoms with E-state index in [-0.39, 0.29) is 38.5 Å². The lowest BCUT2D eigenvalue weighted by molar-refractivity contribution is 0.0529. The molecule has 0 radical (unpaired) electrons. The molecule has 0 fully saturated rings. The number of halogens is 3. The fourth-order valence-electron chi connectivity index (χ4n) is 3.87. The van der Waals surface area contributed by atoms with Gasteiger partial charge >= 0.3 is 6.09 Å². The summed E-state index contributed by atoms with van der Waals surface area (Å²) in [6.45, 7) is 6.33. The van der Waals surface area contributed by atoms with E-state index in [4.69, 9.17) is 36.9 Å². The van der Waals surface area contributed by atoms with Crippen LogP contribution in [0.3, 0.4) is 0 Å². The molecule has 1 aliphatic heterocycles. The lowest BCUT2D eigenvalue weighted by Gasteiger charge is -2.36. The molecule has 0 N–H and O–H groups in total. The molecule has 1 aliphatic rings. The summed E-state index contributed by atoms with van der Waals surface area (Å²) in [5.74, 6) is -0.580. The van der Waals surface area contributed by atoms with Gasteiger partial charge < -0.3 is 9.47 Å². The van der Waals surface area contributed by atoms with Crippen molar-refractivity contribution in [2.75, 3.05) is 18.1 Å². The maximum Gasteiger partial charge on any atom is 0.415 e. The maximum atomic E-state index is 14.9. The molecule has 1 atom stereocenters. The molecule has 0 saturated carbocycles. The number of aryl methyl sites for hydroxylation is 1. The van der Waals surface area contributed by atoms with Crippen LogP contribution in [0.15, 0.2) is 59.5 Å². The smallest absolute Gasteiger partial charge is 0.415 e. The minimum absolute atomic E-state index is 0.0195. The molecule has 3 aromatic carbocycles. The summed E-state index contributed by atoms with van der Waals surface area (Å²) >= 11 is 12.8. The summed E-state index contributed by atoms with van der Waals surface area (Å²) < 4.78 is 57.4. The van der Waals surface area contributed by atoms with E-state index in [1.54, 1.807) is 51.1 Å². The summed E-state index contributed by atoms with van der Waals surface area (Å²) in [5.41, 5.74) is 0.614. The van der Waals surface area contributed by atoms with Gasteiger partial charge in [-0.15, -0.1) is 0 Å². The van der Waals surface area contributed by atoms with Crippen LogP contribution in [0.1, 0.15) is 26.3 Å². The van der Waals surface area contributed by atoms with Crippen LogP contribution in [0.2, 0.25) is 10.0 Å². The van der Waals surface area contributed by atoms with Crippen LogP contribution in [0.25, 0.3) is 11.1 Å². The lowest BCUT2D eigenvalue weighted by Crippen LogP contribution is -2.47.